The zero-order valence-corrected chi connectivity index (χ0v) is 13.3. The largest absolute Gasteiger partial charge is 0.367 e. The topological polar surface area (TPSA) is 78.7 Å². The van der Waals surface area contributed by atoms with E-state index in [1.54, 1.807) is 11.6 Å². The van der Waals surface area contributed by atoms with E-state index in [2.05, 4.69) is 38.0 Å². The molecule has 0 radical (unpaired) electrons. The van der Waals surface area contributed by atoms with Crippen molar-refractivity contribution in [1.29, 1.82) is 0 Å². The number of nitrogens with one attached hydrogen (secondary N) is 2. The van der Waals surface area contributed by atoms with Crippen molar-refractivity contribution in [2.75, 3.05) is 5.32 Å². The third-order valence-electron chi connectivity index (χ3n) is 3.18. The van der Waals surface area contributed by atoms with Crippen molar-refractivity contribution in [1.82, 2.24) is 14.9 Å². The van der Waals surface area contributed by atoms with Gasteiger partial charge in [0.15, 0.2) is 0 Å². The Hall–Kier alpha value is -2.34. The van der Waals surface area contributed by atoms with Crippen LogP contribution in [-0.2, 0) is 4.79 Å². The molecule has 0 aliphatic carbocycles. The van der Waals surface area contributed by atoms with Gasteiger partial charge in [-0.3, -0.25) is 14.4 Å². The van der Waals surface area contributed by atoms with E-state index in [1.807, 2.05) is 22.7 Å². The number of carbonyl (C=O) groups is 1. The maximum atomic E-state index is 11.1. The predicted molar refractivity (Wildman–Crippen MR) is 87.0 cm³/mol. The van der Waals surface area contributed by atoms with Gasteiger partial charge >= 0.3 is 0 Å². The first-order valence-electron chi connectivity index (χ1n) is 7.33. The highest BCUT2D eigenvalue weighted by atomic mass is 16.5. The van der Waals surface area contributed by atoms with Gasteiger partial charge in [0.25, 0.3) is 5.91 Å². The zero-order valence-electron chi connectivity index (χ0n) is 13.3. The number of anilines is 1. The Morgan fingerprint density at radius 2 is 2.05 bits per heavy atom. The molecule has 0 saturated heterocycles. The molecule has 2 aromatic heterocycles. The zero-order chi connectivity index (χ0) is 16.3. The van der Waals surface area contributed by atoms with E-state index in [9.17, 15) is 4.79 Å². The third-order valence-corrected chi connectivity index (χ3v) is 3.18. The van der Waals surface area contributed by atoms with Gasteiger partial charge in [-0.25, -0.2) is 10.5 Å². The molecule has 6 nitrogen and oxygen atoms in total. The quantitative estimate of drug-likeness (QED) is 0.451. The van der Waals surface area contributed by atoms with Crippen LogP contribution in [0.15, 0.2) is 24.4 Å². The molecule has 2 aromatic rings. The van der Waals surface area contributed by atoms with Crippen LogP contribution in [0.4, 0.5) is 5.82 Å². The summed E-state index contributed by atoms with van der Waals surface area (Å²) in [5, 5.41) is 12.0. The smallest absolute Gasteiger partial charge is 0.267 e. The van der Waals surface area contributed by atoms with Crippen molar-refractivity contribution in [2.24, 2.45) is 0 Å². The molecule has 6 heteroatoms. The SMILES string of the molecule is CC(C)Nc1c(C(C)C)nc2ccc(C=CC(=O)NO)cn12. The molecule has 0 fully saturated rings. The first kappa shape index (κ1) is 16.0. The number of carbonyl (C=O) groups excluding carboxylic acids is 1. The van der Waals surface area contributed by atoms with Gasteiger partial charge in [0.05, 0.1) is 5.69 Å². The number of hydrogen-bond donors (Lipinski definition) is 3. The Labute approximate surface area is 129 Å². The lowest BCUT2D eigenvalue weighted by Crippen LogP contribution is -2.14. The van der Waals surface area contributed by atoms with Crippen LogP contribution in [-0.4, -0.2) is 26.5 Å². The molecule has 0 bridgehead atoms. The summed E-state index contributed by atoms with van der Waals surface area (Å²) in [5.74, 6) is 0.719. The fourth-order valence-corrected chi connectivity index (χ4v) is 2.21. The molecule has 22 heavy (non-hydrogen) atoms. The third kappa shape index (κ3) is 3.46. The average molecular weight is 302 g/mol. The number of hydrogen-bond acceptors (Lipinski definition) is 4. The Morgan fingerprint density at radius 1 is 1.32 bits per heavy atom. The number of fused-ring (bicyclic) bond motifs is 1. The standard InChI is InChI=1S/C16H22N4O2/c1-10(2)15-16(17-11(3)4)20-9-12(5-7-13(20)18-15)6-8-14(21)19-22/h5-11,17,22H,1-4H3,(H,19,21). The van der Waals surface area contributed by atoms with E-state index in [1.165, 1.54) is 6.08 Å². The van der Waals surface area contributed by atoms with Crippen LogP contribution >= 0.6 is 0 Å². The Bertz CT molecular complexity index is 701. The Kier molecular flexibility index (Phi) is 4.82. The molecule has 118 valence electrons. The van der Waals surface area contributed by atoms with E-state index in [0.717, 1.165) is 22.7 Å². The number of nitrogens with zero attached hydrogens (tertiary/aromatic N) is 2. The number of aromatic nitrogens is 2. The van der Waals surface area contributed by atoms with Gasteiger partial charge in [-0.1, -0.05) is 13.8 Å². The van der Waals surface area contributed by atoms with Gasteiger partial charge in [0, 0.05) is 18.3 Å². The fraction of sp³-hybridized carbons (Fsp3) is 0.375. The van der Waals surface area contributed by atoms with Crippen LogP contribution in [0.2, 0.25) is 0 Å². The van der Waals surface area contributed by atoms with Crippen LogP contribution in [0.1, 0.15) is 44.9 Å². The Balaban J connectivity index is 2.49. The molecule has 0 atom stereocenters. The molecule has 0 aliphatic heterocycles. The molecule has 3 N–H and O–H groups in total. The normalized spacial score (nSPS) is 11.8. The summed E-state index contributed by atoms with van der Waals surface area (Å²) < 4.78 is 1.99. The summed E-state index contributed by atoms with van der Waals surface area (Å²) in [5.41, 5.74) is 4.29. The van der Waals surface area contributed by atoms with Gasteiger partial charge in [0.2, 0.25) is 0 Å². The van der Waals surface area contributed by atoms with Crippen LogP contribution in [0.25, 0.3) is 11.7 Å². The van der Waals surface area contributed by atoms with Crippen LogP contribution < -0.4 is 10.8 Å². The highest BCUT2D eigenvalue weighted by molar-refractivity contribution is 5.90. The molecule has 0 aliphatic rings. The summed E-state index contributed by atoms with van der Waals surface area (Å²) >= 11 is 0. The number of pyridine rings is 1. The molecule has 0 aromatic carbocycles. The minimum Gasteiger partial charge on any atom is -0.367 e. The summed E-state index contributed by atoms with van der Waals surface area (Å²) in [6.45, 7) is 8.39. The molecular formula is C16H22N4O2. The van der Waals surface area contributed by atoms with E-state index in [4.69, 9.17) is 5.21 Å². The van der Waals surface area contributed by atoms with Crippen molar-refractivity contribution in [2.45, 2.75) is 39.7 Å². The van der Waals surface area contributed by atoms with E-state index in [0.29, 0.717) is 5.92 Å². The summed E-state index contributed by atoms with van der Waals surface area (Å²) in [7, 11) is 0. The molecule has 2 heterocycles. The Morgan fingerprint density at radius 3 is 2.64 bits per heavy atom. The van der Waals surface area contributed by atoms with Crippen molar-refractivity contribution >= 4 is 23.4 Å². The first-order chi connectivity index (χ1) is 10.4. The molecule has 0 unspecified atom stereocenters. The second-order valence-electron chi connectivity index (χ2n) is 5.80. The summed E-state index contributed by atoms with van der Waals surface area (Å²) in [6, 6.07) is 4.08. The molecule has 0 spiro atoms. The van der Waals surface area contributed by atoms with Crippen LogP contribution in [0.5, 0.6) is 0 Å². The number of hydroxylamine groups is 1. The molecule has 2 rings (SSSR count). The van der Waals surface area contributed by atoms with Gasteiger partial charge < -0.3 is 5.32 Å². The van der Waals surface area contributed by atoms with Gasteiger partial charge in [-0.2, -0.15) is 0 Å². The molecule has 1 amide bonds. The lowest BCUT2D eigenvalue weighted by Gasteiger charge is -2.13. The minimum atomic E-state index is -0.561. The highest BCUT2D eigenvalue weighted by Gasteiger charge is 2.15. The average Bonchev–Trinajstić information content (AvgIpc) is 2.82. The van der Waals surface area contributed by atoms with Crippen LogP contribution in [0, 0.1) is 0 Å². The van der Waals surface area contributed by atoms with Crippen molar-refractivity contribution in [3.63, 3.8) is 0 Å². The fourth-order valence-electron chi connectivity index (χ4n) is 2.21. The van der Waals surface area contributed by atoms with Gasteiger partial charge in [-0.15, -0.1) is 0 Å². The number of rotatable bonds is 5. The number of imidazole rings is 1. The predicted octanol–water partition coefficient (Wildman–Crippen LogP) is 2.80. The maximum Gasteiger partial charge on any atom is 0.267 e. The highest BCUT2D eigenvalue weighted by Crippen LogP contribution is 2.26. The van der Waals surface area contributed by atoms with Crippen LogP contribution in [0.3, 0.4) is 0 Å². The summed E-state index contributed by atoms with van der Waals surface area (Å²) in [4.78, 5) is 15.7. The van der Waals surface area contributed by atoms with Crippen molar-refractivity contribution in [3.05, 3.63) is 35.7 Å². The van der Waals surface area contributed by atoms with Crippen molar-refractivity contribution < 1.29 is 10.0 Å². The van der Waals surface area contributed by atoms with Gasteiger partial charge in [-0.05, 0) is 43.5 Å². The van der Waals surface area contributed by atoms with E-state index >= 15 is 0 Å². The number of amides is 1. The molecular weight excluding hydrogens is 280 g/mol. The minimum absolute atomic E-state index is 0.289. The summed E-state index contributed by atoms with van der Waals surface area (Å²) in [6.07, 6.45) is 4.83. The first-order valence-corrected chi connectivity index (χ1v) is 7.33. The van der Waals surface area contributed by atoms with Crippen molar-refractivity contribution in [3.8, 4) is 0 Å². The maximum absolute atomic E-state index is 11.1. The van der Waals surface area contributed by atoms with E-state index < -0.39 is 5.91 Å². The second kappa shape index (κ2) is 6.62. The lowest BCUT2D eigenvalue weighted by atomic mass is 10.1. The van der Waals surface area contributed by atoms with E-state index in [-0.39, 0.29) is 6.04 Å². The second-order valence-corrected chi connectivity index (χ2v) is 5.80. The molecule has 0 saturated carbocycles. The van der Waals surface area contributed by atoms with Gasteiger partial charge in [0.1, 0.15) is 11.5 Å². The lowest BCUT2D eigenvalue weighted by molar-refractivity contribution is -0.124. The monoisotopic (exact) mass is 302 g/mol.